The molecule has 7 nitrogen and oxygen atoms in total. The number of unbranched alkanes of at least 4 members (excludes halogenated alkanes) is 1. The quantitative estimate of drug-likeness (QED) is 0.362. The number of benzene rings is 2. The Labute approximate surface area is 200 Å². The Balaban J connectivity index is 1.74. The number of hydrogen-bond acceptors (Lipinski definition) is 6. The van der Waals surface area contributed by atoms with Gasteiger partial charge in [0.2, 0.25) is 0 Å². The number of fused-ring (bicyclic) bond motifs is 2. The molecular formula is C26H31N3O4S. The zero-order valence-electron chi connectivity index (χ0n) is 20.0. The van der Waals surface area contributed by atoms with Gasteiger partial charge in [0, 0.05) is 11.3 Å². The Bertz CT molecular complexity index is 1310. The van der Waals surface area contributed by atoms with Crippen LogP contribution >= 0.6 is 0 Å². The van der Waals surface area contributed by atoms with Crippen LogP contribution in [0.25, 0.3) is 0 Å². The van der Waals surface area contributed by atoms with E-state index in [0.717, 1.165) is 19.3 Å². The first-order valence-electron chi connectivity index (χ1n) is 11.5. The van der Waals surface area contributed by atoms with Gasteiger partial charge >= 0.3 is 0 Å². The third kappa shape index (κ3) is 4.27. The number of carbonyl (C=O) groups excluding carboxylic acids is 2. The Morgan fingerprint density at radius 3 is 2.50 bits per heavy atom. The topological polar surface area (TPSA) is 119 Å². The zero-order chi connectivity index (χ0) is 24.9. The number of anilines is 2. The minimum Gasteiger partial charge on any atom is -0.399 e. The Kier molecular flexibility index (Phi) is 5.92. The molecule has 0 fully saturated rings. The molecule has 0 bridgehead atoms. The molecule has 0 saturated heterocycles. The first-order chi connectivity index (χ1) is 15.8. The molecule has 1 aliphatic heterocycles. The highest BCUT2D eigenvalue weighted by Gasteiger charge is 2.51. The van der Waals surface area contributed by atoms with Gasteiger partial charge in [0.25, 0.3) is 10.0 Å². The van der Waals surface area contributed by atoms with E-state index >= 15 is 0 Å². The second-order valence-corrected chi connectivity index (χ2v) is 12.2. The van der Waals surface area contributed by atoms with E-state index in [1.54, 1.807) is 18.2 Å². The summed E-state index contributed by atoms with van der Waals surface area (Å²) in [6.45, 7) is 8.41. The number of nitrogens with one attached hydrogen (secondary N) is 1. The predicted molar refractivity (Wildman–Crippen MR) is 134 cm³/mol. The second kappa shape index (κ2) is 8.34. The molecule has 4 rings (SSSR count). The molecule has 34 heavy (non-hydrogen) atoms. The first-order valence-corrected chi connectivity index (χ1v) is 13.0. The molecule has 0 radical (unpaired) electrons. The van der Waals surface area contributed by atoms with Crippen molar-refractivity contribution in [3.8, 4) is 0 Å². The van der Waals surface area contributed by atoms with Crippen LogP contribution in [0.3, 0.4) is 0 Å². The lowest BCUT2D eigenvalue weighted by Gasteiger charge is -2.38. The van der Waals surface area contributed by atoms with E-state index in [-0.39, 0.29) is 33.3 Å². The molecule has 2 unspecified atom stereocenters. The summed E-state index contributed by atoms with van der Waals surface area (Å²) in [6.07, 6.45) is 3.36. The first kappa shape index (κ1) is 24.1. The average Bonchev–Trinajstić information content (AvgIpc) is 2.75. The van der Waals surface area contributed by atoms with Gasteiger partial charge in [0.05, 0.1) is 11.1 Å². The largest absolute Gasteiger partial charge is 0.399 e. The third-order valence-electron chi connectivity index (χ3n) is 6.75. The fourth-order valence-electron chi connectivity index (χ4n) is 4.87. The molecule has 2 atom stereocenters. The monoisotopic (exact) mass is 481 g/mol. The van der Waals surface area contributed by atoms with Gasteiger partial charge in [-0.2, -0.15) is 8.42 Å². The van der Waals surface area contributed by atoms with Gasteiger partial charge in [0.15, 0.2) is 11.6 Å². The number of hydrogen-bond donors (Lipinski definition) is 2. The van der Waals surface area contributed by atoms with Crippen LogP contribution in [-0.4, -0.2) is 25.8 Å². The fraction of sp³-hybridized carbons (Fsp3) is 0.423. The van der Waals surface area contributed by atoms with Crippen LogP contribution in [0.15, 0.2) is 51.8 Å². The van der Waals surface area contributed by atoms with Crippen LogP contribution in [0.1, 0.15) is 69.3 Å². The van der Waals surface area contributed by atoms with E-state index in [1.807, 2.05) is 19.1 Å². The van der Waals surface area contributed by atoms with Crippen molar-refractivity contribution in [2.45, 2.75) is 63.7 Å². The Morgan fingerprint density at radius 2 is 1.79 bits per heavy atom. The van der Waals surface area contributed by atoms with Crippen LogP contribution in [0.2, 0.25) is 0 Å². The van der Waals surface area contributed by atoms with Gasteiger partial charge in [-0.3, -0.25) is 9.59 Å². The fourth-order valence-corrected chi connectivity index (χ4v) is 6.06. The van der Waals surface area contributed by atoms with Gasteiger partial charge in [-0.15, -0.1) is 4.40 Å². The maximum Gasteiger partial charge on any atom is 0.286 e. The predicted octanol–water partition coefficient (Wildman–Crippen LogP) is 4.73. The van der Waals surface area contributed by atoms with Gasteiger partial charge in [-0.1, -0.05) is 57.9 Å². The van der Waals surface area contributed by atoms with E-state index in [0.29, 0.717) is 17.5 Å². The number of amidine groups is 1. The number of rotatable bonds is 5. The minimum absolute atomic E-state index is 0.0719. The highest BCUT2D eigenvalue weighted by molar-refractivity contribution is 7.90. The smallest absolute Gasteiger partial charge is 0.286 e. The summed E-state index contributed by atoms with van der Waals surface area (Å²) < 4.78 is 29.7. The summed E-state index contributed by atoms with van der Waals surface area (Å²) in [4.78, 5) is 27.4. The SMILES string of the molecule is CC(C)(C)CCCCC1(C)C(=O)C(C2=NS(=O)(=O)c3cc(N)ccc3N2)C(=O)c2ccccc21. The molecular weight excluding hydrogens is 450 g/mol. The molecule has 2 aromatic carbocycles. The van der Waals surface area contributed by atoms with Gasteiger partial charge in [-0.05, 0) is 48.9 Å². The lowest BCUT2D eigenvalue weighted by molar-refractivity contribution is -0.125. The number of nitrogens with two attached hydrogens (primary N) is 1. The van der Waals surface area contributed by atoms with E-state index < -0.39 is 27.1 Å². The van der Waals surface area contributed by atoms with Crippen LogP contribution < -0.4 is 11.1 Å². The standard InChI is InChI=1S/C26H31N3O4S/c1-25(2,3)13-7-8-14-26(4)18-10-6-5-9-17(18)22(30)21(23(26)31)24-28-19-12-11-16(27)15-20(19)34(32,33)29-24/h5-6,9-12,15,21H,7-8,13-14,27H2,1-4H3,(H,28,29). The molecule has 2 aromatic rings. The van der Waals surface area contributed by atoms with Crippen molar-refractivity contribution in [3.05, 3.63) is 53.6 Å². The Morgan fingerprint density at radius 1 is 1.09 bits per heavy atom. The number of ketones is 2. The number of sulfonamides is 1. The lowest BCUT2D eigenvalue weighted by Crippen LogP contribution is -2.51. The molecule has 0 saturated carbocycles. The van der Waals surface area contributed by atoms with Crippen molar-refractivity contribution in [3.63, 3.8) is 0 Å². The van der Waals surface area contributed by atoms with E-state index in [9.17, 15) is 18.0 Å². The summed E-state index contributed by atoms with van der Waals surface area (Å²) in [6, 6.07) is 11.5. The van der Waals surface area contributed by atoms with Crippen molar-refractivity contribution in [1.29, 1.82) is 0 Å². The summed E-state index contributed by atoms with van der Waals surface area (Å²) in [7, 11) is -4.12. The van der Waals surface area contributed by atoms with Crippen LogP contribution in [0.5, 0.6) is 0 Å². The molecule has 0 spiro atoms. The van der Waals surface area contributed by atoms with Gasteiger partial charge in [0.1, 0.15) is 16.6 Å². The number of nitrogen functional groups attached to an aromatic ring is 1. The van der Waals surface area contributed by atoms with Crippen LogP contribution in [0, 0.1) is 11.3 Å². The van der Waals surface area contributed by atoms with Crippen molar-refractivity contribution < 1.29 is 18.0 Å². The zero-order valence-corrected chi connectivity index (χ0v) is 20.8. The third-order valence-corrected chi connectivity index (χ3v) is 8.08. The van der Waals surface area contributed by atoms with Gasteiger partial charge in [-0.25, -0.2) is 0 Å². The summed E-state index contributed by atoms with van der Waals surface area (Å²) in [5.41, 5.74) is 6.69. The average molecular weight is 482 g/mol. The molecule has 1 heterocycles. The van der Waals surface area contributed by atoms with E-state index in [2.05, 4.69) is 30.5 Å². The van der Waals surface area contributed by atoms with Crippen molar-refractivity contribution in [1.82, 2.24) is 0 Å². The van der Waals surface area contributed by atoms with Crippen molar-refractivity contribution in [2.75, 3.05) is 11.1 Å². The number of Topliss-reactive ketones (excluding diaryl/α,β-unsaturated/α-hetero) is 2. The molecule has 0 aromatic heterocycles. The maximum atomic E-state index is 13.9. The minimum atomic E-state index is -4.12. The lowest BCUT2D eigenvalue weighted by atomic mass is 9.63. The summed E-state index contributed by atoms with van der Waals surface area (Å²) in [5.74, 6) is -2.23. The van der Waals surface area contributed by atoms with Crippen molar-refractivity contribution in [2.24, 2.45) is 15.7 Å². The second-order valence-electron chi connectivity index (χ2n) is 10.6. The summed E-state index contributed by atoms with van der Waals surface area (Å²) in [5, 5.41) is 2.94. The maximum absolute atomic E-state index is 13.9. The number of carbonyl (C=O) groups is 2. The normalized spacial score (nSPS) is 23.5. The van der Waals surface area contributed by atoms with Gasteiger partial charge < -0.3 is 11.1 Å². The highest BCUT2D eigenvalue weighted by Crippen LogP contribution is 2.43. The molecule has 8 heteroatoms. The summed E-state index contributed by atoms with van der Waals surface area (Å²) >= 11 is 0. The van der Waals surface area contributed by atoms with E-state index in [4.69, 9.17) is 5.73 Å². The van der Waals surface area contributed by atoms with Crippen LogP contribution in [-0.2, 0) is 20.2 Å². The highest BCUT2D eigenvalue weighted by atomic mass is 32.2. The Hall–Kier alpha value is -3.00. The molecule has 0 amide bonds. The number of nitrogens with zero attached hydrogens (tertiary/aromatic N) is 1. The molecule has 180 valence electrons. The molecule has 3 N–H and O–H groups in total. The molecule has 1 aliphatic carbocycles. The van der Waals surface area contributed by atoms with Crippen LogP contribution in [0.4, 0.5) is 11.4 Å². The van der Waals surface area contributed by atoms with E-state index in [1.165, 1.54) is 12.1 Å². The van der Waals surface area contributed by atoms with Crippen molar-refractivity contribution >= 4 is 38.8 Å². The molecule has 2 aliphatic rings.